The van der Waals surface area contributed by atoms with Gasteiger partial charge in [-0.2, -0.15) is 10.1 Å². The van der Waals surface area contributed by atoms with Gasteiger partial charge in [0.25, 0.3) is 11.8 Å². The molecule has 1 aliphatic rings. The van der Waals surface area contributed by atoms with Gasteiger partial charge in [0.05, 0.1) is 23.9 Å². The summed E-state index contributed by atoms with van der Waals surface area (Å²) in [5, 5.41) is 12.7. The Morgan fingerprint density at radius 1 is 1.14 bits per heavy atom. The maximum absolute atomic E-state index is 13.5. The molecule has 1 saturated heterocycles. The lowest BCUT2D eigenvalue weighted by Crippen LogP contribution is -2.39. The lowest BCUT2D eigenvalue weighted by molar-refractivity contribution is 0.0586. The largest absolute Gasteiger partial charge is 0.367 e. The molecule has 1 fully saturated rings. The summed E-state index contributed by atoms with van der Waals surface area (Å²) in [6, 6.07) is 7.44. The standard InChI is InChI=1S/C26H29FN6O4/c1-4-33-17(3)24(16(2)29-33)22-13-20(30-36-22)26(34)32-12-6-5-7-21(32)25-28-23(37-31-25)15-35-14-18-8-10-19(27)11-9-18/h8-11,13,21H,4-7,12,14-15H2,1-3H3. The van der Waals surface area contributed by atoms with Crippen LogP contribution in [0.5, 0.6) is 0 Å². The van der Waals surface area contributed by atoms with Crippen molar-refractivity contribution in [1.29, 1.82) is 0 Å². The molecule has 1 unspecified atom stereocenters. The van der Waals surface area contributed by atoms with E-state index in [4.69, 9.17) is 13.8 Å². The zero-order valence-corrected chi connectivity index (χ0v) is 21.1. The lowest BCUT2D eigenvalue weighted by atomic mass is 10.0. The van der Waals surface area contributed by atoms with Crippen LogP contribution in [0.1, 0.15) is 71.4 Å². The van der Waals surface area contributed by atoms with Crippen molar-refractivity contribution in [1.82, 2.24) is 30.0 Å². The average molecular weight is 509 g/mol. The van der Waals surface area contributed by atoms with Crippen LogP contribution in [0.15, 0.2) is 39.4 Å². The minimum Gasteiger partial charge on any atom is -0.367 e. The highest BCUT2D eigenvalue weighted by Gasteiger charge is 2.34. The zero-order valence-electron chi connectivity index (χ0n) is 21.1. The quantitative estimate of drug-likeness (QED) is 0.334. The highest BCUT2D eigenvalue weighted by atomic mass is 19.1. The Morgan fingerprint density at radius 3 is 2.70 bits per heavy atom. The molecule has 37 heavy (non-hydrogen) atoms. The van der Waals surface area contributed by atoms with Crippen molar-refractivity contribution in [3.05, 3.63) is 70.5 Å². The molecule has 11 heteroatoms. The molecular formula is C26H29FN6O4. The Hall–Kier alpha value is -3.86. The summed E-state index contributed by atoms with van der Waals surface area (Å²) in [6.45, 7) is 7.61. The molecule has 194 valence electrons. The fraction of sp³-hybridized carbons (Fsp3) is 0.423. The molecular weight excluding hydrogens is 479 g/mol. The van der Waals surface area contributed by atoms with Crippen LogP contribution in [0, 0.1) is 19.7 Å². The van der Waals surface area contributed by atoms with Crippen molar-refractivity contribution in [2.24, 2.45) is 0 Å². The van der Waals surface area contributed by atoms with E-state index in [0.717, 1.165) is 41.9 Å². The number of aryl methyl sites for hydroxylation is 2. The fourth-order valence-corrected chi connectivity index (χ4v) is 4.74. The van der Waals surface area contributed by atoms with Gasteiger partial charge in [0.2, 0.25) is 0 Å². The zero-order chi connectivity index (χ0) is 25.9. The number of hydrogen-bond acceptors (Lipinski definition) is 8. The average Bonchev–Trinajstić information content (AvgIpc) is 3.64. The van der Waals surface area contributed by atoms with Gasteiger partial charge < -0.3 is 18.7 Å². The molecule has 0 bridgehead atoms. The highest BCUT2D eigenvalue weighted by Crippen LogP contribution is 2.32. The van der Waals surface area contributed by atoms with E-state index in [1.807, 2.05) is 25.5 Å². The number of aromatic nitrogens is 5. The molecule has 1 amide bonds. The van der Waals surface area contributed by atoms with Crippen molar-refractivity contribution in [2.45, 2.75) is 65.8 Å². The first-order chi connectivity index (χ1) is 17.9. The van der Waals surface area contributed by atoms with Crippen molar-refractivity contribution in [2.75, 3.05) is 6.54 Å². The van der Waals surface area contributed by atoms with E-state index in [2.05, 4.69) is 20.4 Å². The van der Waals surface area contributed by atoms with Crippen LogP contribution in [0.3, 0.4) is 0 Å². The number of likely N-dealkylation sites (tertiary alicyclic amines) is 1. The number of halogens is 1. The van der Waals surface area contributed by atoms with E-state index in [0.29, 0.717) is 30.4 Å². The van der Waals surface area contributed by atoms with Gasteiger partial charge >= 0.3 is 0 Å². The second-order valence-electron chi connectivity index (χ2n) is 9.11. The van der Waals surface area contributed by atoms with Gasteiger partial charge in [-0.3, -0.25) is 9.48 Å². The first-order valence-electron chi connectivity index (χ1n) is 12.4. The van der Waals surface area contributed by atoms with Crippen molar-refractivity contribution in [3.8, 4) is 11.3 Å². The third-order valence-electron chi connectivity index (χ3n) is 6.61. The van der Waals surface area contributed by atoms with Gasteiger partial charge in [-0.15, -0.1) is 0 Å². The van der Waals surface area contributed by atoms with Gasteiger partial charge in [0, 0.05) is 24.8 Å². The van der Waals surface area contributed by atoms with Crippen molar-refractivity contribution >= 4 is 5.91 Å². The maximum atomic E-state index is 13.5. The predicted molar refractivity (Wildman–Crippen MR) is 130 cm³/mol. The Balaban J connectivity index is 1.27. The summed E-state index contributed by atoms with van der Waals surface area (Å²) >= 11 is 0. The molecule has 0 aliphatic carbocycles. The number of carbonyl (C=O) groups is 1. The molecule has 4 aromatic rings. The molecule has 0 radical (unpaired) electrons. The van der Waals surface area contributed by atoms with Crippen LogP contribution >= 0.6 is 0 Å². The van der Waals surface area contributed by atoms with Crippen LogP contribution in [0.25, 0.3) is 11.3 Å². The Bertz CT molecular complexity index is 1380. The molecule has 1 atom stereocenters. The molecule has 0 spiro atoms. The van der Waals surface area contributed by atoms with E-state index in [1.165, 1.54) is 12.1 Å². The van der Waals surface area contributed by atoms with Crippen LogP contribution < -0.4 is 0 Å². The second-order valence-corrected chi connectivity index (χ2v) is 9.11. The normalized spacial score (nSPS) is 15.9. The molecule has 0 N–H and O–H groups in total. The van der Waals surface area contributed by atoms with E-state index in [1.54, 1.807) is 23.1 Å². The Kier molecular flexibility index (Phi) is 7.13. The van der Waals surface area contributed by atoms with Gasteiger partial charge in [-0.05, 0) is 57.7 Å². The molecule has 1 aliphatic heterocycles. The molecule has 5 rings (SSSR count). The summed E-state index contributed by atoms with van der Waals surface area (Å²) in [7, 11) is 0. The van der Waals surface area contributed by atoms with Crippen LogP contribution in [0.4, 0.5) is 4.39 Å². The lowest BCUT2D eigenvalue weighted by Gasteiger charge is -2.33. The predicted octanol–water partition coefficient (Wildman–Crippen LogP) is 4.78. The summed E-state index contributed by atoms with van der Waals surface area (Å²) in [5.41, 5.74) is 3.71. The second kappa shape index (κ2) is 10.6. The topological polar surface area (TPSA) is 112 Å². The maximum Gasteiger partial charge on any atom is 0.276 e. The smallest absolute Gasteiger partial charge is 0.276 e. The van der Waals surface area contributed by atoms with E-state index >= 15 is 0 Å². The number of ether oxygens (including phenoxy) is 1. The van der Waals surface area contributed by atoms with Crippen molar-refractivity contribution < 1.29 is 23.0 Å². The minimum absolute atomic E-state index is 0.113. The number of rotatable bonds is 8. The molecule has 10 nitrogen and oxygen atoms in total. The first-order valence-corrected chi connectivity index (χ1v) is 12.4. The summed E-state index contributed by atoms with van der Waals surface area (Å²) in [4.78, 5) is 19.7. The molecule has 0 saturated carbocycles. The summed E-state index contributed by atoms with van der Waals surface area (Å²) in [5.74, 6) is 0.742. The molecule has 4 heterocycles. The Labute approximate surface area is 213 Å². The number of amides is 1. The molecule has 3 aromatic heterocycles. The van der Waals surface area contributed by atoms with Crippen molar-refractivity contribution in [3.63, 3.8) is 0 Å². The highest BCUT2D eigenvalue weighted by molar-refractivity contribution is 5.93. The third-order valence-corrected chi connectivity index (χ3v) is 6.61. The summed E-state index contributed by atoms with van der Waals surface area (Å²) in [6.07, 6.45) is 2.53. The Morgan fingerprint density at radius 2 is 1.95 bits per heavy atom. The van der Waals surface area contributed by atoms with Crippen LogP contribution in [-0.2, 0) is 24.5 Å². The van der Waals surface area contributed by atoms with Crippen LogP contribution in [0.2, 0.25) is 0 Å². The van der Waals surface area contributed by atoms with Gasteiger partial charge in [-0.25, -0.2) is 4.39 Å². The fourth-order valence-electron chi connectivity index (χ4n) is 4.74. The number of piperidine rings is 1. The SMILES string of the molecule is CCn1nc(C)c(-c2cc(C(=O)N3CCCCC3c3noc(COCc4ccc(F)cc4)n3)no2)c1C. The van der Waals surface area contributed by atoms with Gasteiger partial charge in [0.1, 0.15) is 12.4 Å². The first kappa shape index (κ1) is 24.8. The van der Waals surface area contributed by atoms with E-state index < -0.39 is 0 Å². The van der Waals surface area contributed by atoms with E-state index in [9.17, 15) is 9.18 Å². The molecule has 1 aromatic carbocycles. The summed E-state index contributed by atoms with van der Waals surface area (Å²) < 4.78 is 31.6. The number of nitrogens with zero attached hydrogens (tertiary/aromatic N) is 6. The van der Waals surface area contributed by atoms with Gasteiger partial charge in [0.15, 0.2) is 17.3 Å². The monoisotopic (exact) mass is 508 g/mol. The van der Waals surface area contributed by atoms with E-state index in [-0.39, 0.29) is 36.7 Å². The van der Waals surface area contributed by atoms with Gasteiger partial charge in [-0.1, -0.05) is 22.4 Å². The third kappa shape index (κ3) is 5.17. The number of benzene rings is 1. The number of hydrogen-bond donors (Lipinski definition) is 0. The minimum atomic E-state index is -0.331. The van der Waals surface area contributed by atoms with Crippen LogP contribution in [-0.4, -0.2) is 42.4 Å². The number of carbonyl (C=O) groups excluding carboxylic acids is 1.